The van der Waals surface area contributed by atoms with E-state index in [4.69, 9.17) is 11.0 Å². The summed E-state index contributed by atoms with van der Waals surface area (Å²) in [5.74, 6) is -0.428. The van der Waals surface area contributed by atoms with Crippen molar-refractivity contribution in [3.05, 3.63) is 41.5 Å². The number of hydrogen-bond acceptors (Lipinski definition) is 4. The summed E-state index contributed by atoms with van der Waals surface area (Å²) in [4.78, 5) is 11.4. The summed E-state index contributed by atoms with van der Waals surface area (Å²) in [5, 5.41) is 10.4. The van der Waals surface area contributed by atoms with Crippen LogP contribution in [0.4, 0.5) is 5.69 Å². The van der Waals surface area contributed by atoms with E-state index < -0.39 is 5.97 Å². The van der Waals surface area contributed by atoms with Gasteiger partial charge in [0.05, 0.1) is 24.3 Å². The number of nitriles is 1. The molecule has 0 heterocycles. The normalized spacial score (nSPS) is 9.88. The summed E-state index contributed by atoms with van der Waals surface area (Å²) in [6.45, 7) is 0. The third-order valence-corrected chi connectivity index (χ3v) is 2.54. The Kier molecular flexibility index (Phi) is 2.67. The van der Waals surface area contributed by atoms with Crippen molar-refractivity contribution in [2.45, 2.75) is 0 Å². The van der Waals surface area contributed by atoms with Gasteiger partial charge >= 0.3 is 5.97 Å². The van der Waals surface area contributed by atoms with Gasteiger partial charge in [-0.05, 0) is 29.7 Å². The van der Waals surface area contributed by atoms with Gasteiger partial charge in [0.25, 0.3) is 0 Å². The molecule has 0 fully saturated rings. The summed E-state index contributed by atoms with van der Waals surface area (Å²) in [5.41, 5.74) is 7.26. The van der Waals surface area contributed by atoms with Crippen LogP contribution in [-0.4, -0.2) is 13.1 Å². The van der Waals surface area contributed by atoms with Gasteiger partial charge < -0.3 is 10.5 Å². The van der Waals surface area contributed by atoms with E-state index in [0.717, 1.165) is 10.8 Å². The summed E-state index contributed by atoms with van der Waals surface area (Å²) >= 11 is 0. The molecule has 0 aliphatic carbocycles. The minimum absolute atomic E-state index is 0.405. The molecule has 0 saturated carbocycles. The Bertz CT molecular complexity index is 642. The molecule has 0 aromatic heterocycles. The first-order valence-electron chi connectivity index (χ1n) is 4.97. The van der Waals surface area contributed by atoms with Crippen LogP contribution in [0.2, 0.25) is 0 Å². The van der Waals surface area contributed by atoms with E-state index in [1.165, 1.54) is 7.11 Å². The smallest absolute Gasteiger partial charge is 0.337 e. The number of esters is 1. The van der Waals surface area contributed by atoms with Crippen LogP contribution in [0.15, 0.2) is 30.3 Å². The lowest BCUT2D eigenvalue weighted by Gasteiger charge is -2.06. The quantitative estimate of drug-likeness (QED) is 0.596. The van der Waals surface area contributed by atoms with Crippen LogP contribution in [0.3, 0.4) is 0 Å². The number of anilines is 1. The zero-order chi connectivity index (χ0) is 12.4. The fourth-order valence-electron chi connectivity index (χ4n) is 1.69. The molecule has 2 aromatic carbocycles. The molecule has 0 spiro atoms. The molecule has 2 rings (SSSR count). The maximum atomic E-state index is 11.4. The monoisotopic (exact) mass is 226 g/mol. The fourth-order valence-corrected chi connectivity index (χ4v) is 1.69. The molecule has 4 heteroatoms. The molecule has 4 nitrogen and oxygen atoms in total. The highest BCUT2D eigenvalue weighted by Gasteiger charge is 2.09. The highest BCUT2D eigenvalue weighted by atomic mass is 16.5. The van der Waals surface area contributed by atoms with Gasteiger partial charge in [-0.1, -0.05) is 6.07 Å². The molecule has 2 aromatic rings. The number of rotatable bonds is 1. The molecule has 0 atom stereocenters. The third kappa shape index (κ3) is 1.91. The van der Waals surface area contributed by atoms with E-state index in [0.29, 0.717) is 16.8 Å². The SMILES string of the molecule is COC(=O)c1cc(N)c2cc(C#N)ccc2c1. The number of ether oxygens (including phenoxy) is 1. The van der Waals surface area contributed by atoms with Crippen LogP contribution in [-0.2, 0) is 4.74 Å². The molecule has 0 amide bonds. The second-order valence-corrected chi connectivity index (χ2v) is 3.60. The Morgan fingerprint density at radius 3 is 2.76 bits per heavy atom. The van der Waals surface area contributed by atoms with Gasteiger partial charge in [0.1, 0.15) is 0 Å². The molecule has 17 heavy (non-hydrogen) atoms. The number of nitrogens with zero attached hydrogens (tertiary/aromatic N) is 1. The first-order chi connectivity index (χ1) is 8.15. The minimum atomic E-state index is -0.428. The first kappa shape index (κ1) is 11.0. The van der Waals surface area contributed by atoms with E-state index >= 15 is 0 Å². The highest BCUT2D eigenvalue weighted by molar-refractivity contribution is 6.01. The van der Waals surface area contributed by atoms with Crippen molar-refractivity contribution < 1.29 is 9.53 Å². The minimum Gasteiger partial charge on any atom is -0.465 e. The molecule has 84 valence electrons. The van der Waals surface area contributed by atoms with Crippen molar-refractivity contribution in [2.24, 2.45) is 0 Å². The van der Waals surface area contributed by atoms with Crippen LogP contribution in [0, 0.1) is 11.3 Å². The predicted molar refractivity (Wildman–Crippen MR) is 64.4 cm³/mol. The third-order valence-electron chi connectivity index (χ3n) is 2.54. The van der Waals surface area contributed by atoms with Crippen molar-refractivity contribution in [3.63, 3.8) is 0 Å². The first-order valence-corrected chi connectivity index (χ1v) is 4.97. The van der Waals surface area contributed by atoms with Crippen LogP contribution in [0.1, 0.15) is 15.9 Å². The molecule has 0 aliphatic rings. The molecular weight excluding hydrogens is 216 g/mol. The maximum absolute atomic E-state index is 11.4. The van der Waals surface area contributed by atoms with Crippen LogP contribution in [0.5, 0.6) is 0 Å². The predicted octanol–water partition coefficient (Wildman–Crippen LogP) is 2.08. The van der Waals surface area contributed by atoms with Gasteiger partial charge in [-0.2, -0.15) is 5.26 Å². The Hall–Kier alpha value is -2.54. The molecule has 0 unspecified atom stereocenters. The second kappa shape index (κ2) is 4.14. The average molecular weight is 226 g/mol. The van der Waals surface area contributed by atoms with Crippen LogP contribution >= 0.6 is 0 Å². The van der Waals surface area contributed by atoms with E-state index in [9.17, 15) is 4.79 Å². The number of nitrogens with two attached hydrogens (primary N) is 1. The average Bonchev–Trinajstić information content (AvgIpc) is 2.37. The van der Waals surface area contributed by atoms with Gasteiger partial charge in [0, 0.05) is 11.1 Å². The Balaban J connectivity index is 2.68. The van der Waals surface area contributed by atoms with Gasteiger partial charge in [0.15, 0.2) is 0 Å². The van der Waals surface area contributed by atoms with Gasteiger partial charge in [-0.15, -0.1) is 0 Å². The number of benzene rings is 2. The number of carbonyl (C=O) groups excluding carboxylic acids is 1. The second-order valence-electron chi connectivity index (χ2n) is 3.60. The van der Waals surface area contributed by atoms with Crippen molar-refractivity contribution in [3.8, 4) is 6.07 Å². The molecule has 0 aliphatic heterocycles. The summed E-state index contributed by atoms with van der Waals surface area (Å²) in [6.07, 6.45) is 0. The van der Waals surface area contributed by atoms with E-state index in [2.05, 4.69) is 4.74 Å². The Morgan fingerprint density at radius 1 is 1.35 bits per heavy atom. The maximum Gasteiger partial charge on any atom is 0.337 e. The Labute approximate surface area is 98.2 Å². The van der Waals surface area contributed by atoms with Gasteiger partial charge in [-0.25, -0.2) is 4.79 Å². The largest absolute Gasteiger partial charge is 0.465 e. The zero-order valence-electron chi connectivity index (χ0n) is 9.23. The van der Waals surface area contributed by atoms with E-state index in [1.807, 2.05) is 6.07 Å². The van der Waals surface area contributed by atoms with Crippen molar-refractivity contribution in [1.82, 2.24) is 0 Å². The van der Waals surface area contributed by atoms with Crippen LogP contribution in [0.25, 0.3) is 10.8 Å². The van der Waals surface area contributed by atoms with E-state index in [-0.39, 0.29) is 0 Å². The lowest BCUT2D eigenvalue weighted by molar-refractivity contribution is 0.0601. The number of methoxy groups -OCH3 is 1. The topological polar surface area (TPSA) is 76.1 Å². The highest BCUT2D eigenvalue weighted by Crippen LogP contribution is 2.24. The molecule has 0 radical (unpaired) electrons. The zero-order valence-corrected chi connectivity index (χ0v) is 9.23. The number of hydrogen-bond donors (Lipinski definition) is 1. The number of carbonyl (C=O) groups is 1. The Morgan fingerprint density at radius 2 is 2.12 bits per heavy atom. The number of nitrogen functional groups attached to an aromatic ring is 1. The van der Waals surface area contributed by atoms with Gasteiger partial charge in [-0.3, -0.25) is 0 Å². The lowest BCUT2D eigenvalue weighted by atomic mass is 10.0. The van der Waals surface area contributed by atoms with Crippen LogP contribution < -0.4 is 5.73 Å². The van der Waals surface area contributed by atoms with Crippen molar-refractivity contribution in [2.75, 3.05) is 12.8 Å². The molecule has 0 bridgehead atoms. The molecule has 2 N–H and O–H groups in total. The molecule has 0 saturated heterocycles. The summed E-state index contributed by atoms with van der Waals surface area (Å²) in [7, 11) is 1.32. The molecular formula is C13H10N2O2. The lowest BCUT2D eigenvalue weighted by Crippen LogP contribution is -2.02. The van der Waals surface area contributed by atoms with Crippen molar-refractivity contribution >= 4 is 22.4 Å². The standard InChI is InChI=1S/C13H10N2O2/c1-17-13(16)10-5-9-3-2-8(7-14)4-11(9)12(15)6-10/h2-6H,15H2,1H3. The summed E-state index contributed by atoms with van der Waals surface area (Å²) in [6, 6.07) is 10.4. The number of fused-ring (bicyclic) bond motifs is 1. The summed E-state index contributed by atoms with van der Waals surface area (Å²) < 4.78 is 4.64. The van der Waals surface area contributed by atoms with E-state index in [1.54, 1.807) is 30.3 Å². The van der Waals surface area contributed by atoms with Gasteiger partial charge in [0.2, 0.25) is 0 Å². The fraction of sp³-hybridized carbons (Fsp3) is 0.0769. The van der Waals surface area contributed by atoms with Crippen molar-refractivity contribution in [1.29, 1.82) is 5.26 Å².